The van der Waals surface area contributed by atoms with Crippen LogP contribution in [0.25, 0.3) is 0 Å². The van der Waals surface area contributed by atoms with Crippen LogP contribution in [0.3, 0.4) is 0 Å². The number of hydrogen-bond donors (Lipinski definition) is 8. The molecule has 2 aromatic carbocycles. The summed E-state index contributed by atoms with van der Waals surface area (Å²) >= 11 is 0. The molecule has 0 saturated heterocycles. The minimum Gasteiger partial charge on any atom is -0.507 e. The number of allylic oxidation sites excluding steroid dienone is 4. The lowest BCUT2D eigenvalue weighted by Crippen LogP contribution is -2.37. The number of carboxylic acid groups (broad SMARTS) is 2. The quantitative estimate of drug-likeness (QED) is 0.147. The fourth-order valence-electron chi connectivity index (χ4n) is 4.07. The van der Waals surface area contributed by atoms with Gasteiger partial charge in [0.25, 0.3) is 20.2 Å². The Morgan fingerprint density at radius 2 is 1.00 bits per heavy atom. The highest BCUT2D eigenvalue weighted by molar-refractivity contribution is 7.90. The Balaban J connectivity index is 1.78. The fraction of sp³-hybridized carbons (Fsp3) is 0.0769. The van der Waals surface area contributed by atoms with E-state index < -0.39 is 87.1 Å². The minimum absolute atomic E-state index is 0.105. The first-order chi connectivity index (χ1) is 21.2. The Kier molecular flexibility index (Phi) is 8.63. The molecule has 2 aromatic rings. The molecular weight excluding hydrogens is 652 g/mol. The van der Waals surface area contributed by atoms with Crippen molar-refractivity contribution in [3.05, 3.63) is 105 Å². The highest BCUT2D eigenvalue weighted by atomic mass is 32.2. The molecule has 2 aliphatic rings. The van der Waals surface area contributed by atoms with Gasteiger partial charge in [-0.05, 0) is 60.7 Å². The van der Waals surface area contributed by atoms with Crippen LogP contribution in [0, 0.1) is 0 Å². The second kappa shape index (κ2) is 11.8. The average Bonchev–Trinajstić information content (AvgIpc) is 2.95. The van der Waals surface area contributed by atoms with Gasteiger partial charge in [0.1, 0.15) is 32.4 Å². The number of aromatic carboxylic acids is 2. The molecule has 0 aliphatic heterocycles. The number of benzene rings is 2. The van der Waals surface area contributed by atoms with E-state index in [0.717, 1.165) is 48.6 Å². The Hall–Kier alpha value is -5.38. The van der Waals surface area contributed by atoms with Crippen molar-refractivity contribution in [2.75, 3.05) is 0 Å². The normalized spacial score (nSPS) is 23.5. The third-order valence-corrected chi connectivity index (χ3v) is 8.02. The number of nitrogens with two attached hydrogens (primary N) is 2. The van der Waals surface area contributed by atoms with Crippen LogP contribution in [-0.2, 0) is 20.2 Å². The van der Waals surface area contributed by atoms with Crippen LogP contribution in [-0.4, -0.2) is 69.6 Å². The third kappa shape index (κ3) is 7.28. The fourth-order valence-corrected chi connectivity index (χ4v) is 5.66. The summed E-state index contributed by atoms with van der Waals surface area (Å²) in [5.74, 6) is -4.07. The van der Waals surface area contributed by atoms with Crippen molar-refractivity contribution in [1.82, 2.24) is 0 Å². The van der Waals surface area contributed by atoms with Gasteiger partial charge < -0.3 is 20.4 Å². The monoisotopic (exact) mass is 674 g/mol. The van der Waals surface area contributed by atoms with Gasteiger partial charge in [-0.2, -0.15) is 37.3 Å². The van der Waals surface area contributed by atoms with E-state index in [-0.39, 0.29) is 11.4 Å². The topological polar surface area (TPSA) is 325 Å². The van der Waals surface area contributed by atoms with E-state index in [4.69, 9.17) is 11.5 Å². The third-order valence-electron chi connectivity index (χ3n) is 6.23. The molecule has 20 heteroatoms. The predicted molar refractivity (Wildman–Crippen MR) is 158 cm³/mol. The van der Waals surface area contributed by atoms with E-state index >= 15 is 0 Å². The summed E-state index contributed by atoms with van der Waals surface area (Å²) in [6.45, 7) is 0. The SMILES string of the molecule is NC1(/N=N/c2ccc(O)c(C(=O)O)c2)C=C/C(=C2\C=CC(N)(/N=N/c3ccc(O)c(C(=O)O)c3)C=C2S(=O)(=O)O)C(S(=O)(=O)O)=C1. The zero-order chi connectivity index (χ0) is 34.2. The molecule has 2 unspecified atom stereocenters. The van der Waals surface area contributed by atoms with Crippen LogP contribution >= 0.6 is 0 Å². The van der Waals surface area contributed by atoms with E-state index in [1.807, 2.05) is 0 Å². The van der Waals surface area contributed by atoms with Crippen molar-refractivity contribution in [3.8, 4) is 11.5 Å². The molecule has 0 bridgehead atoms. The maximum Gasteiger partial charge on any atom is 0.339 e. The summed E-state index contributed by atoms with van der Waals surface area (Å²) in [4.78, 5) is 20.6. The molecule has 0 fully saturated rings. The predicted octanol–water partition coefficient (Wildman–Crippen LogP) is 2.65. The lowest BCUT2D eigenvalue weighted by atomic mass is 9.93. The van der Waals surface area contributed by atoms with Crippen molar-refractivity contribution in [3.63, 3.8) is 0 Å². The molecule has 4 rings (SSSR count). The number of aromatic hydroxyl groups is 2. The summed E-state index contributed by atoms with van der Waals surface area (Å²) in [5.41, 5.74) is 5.84. The first-order valence-electron chi connectivity index (χ1n) is 12.3. The van der Waals surface area contributed by atoms with E-state index in [1.165, 1.54) is 12.1 Å². The number of hydrogen-bond acceptors (Lipinski definition) is 14. The van der Waals surface area contributed by atoms with Gasteiger partial charge in [0.05, 0.1) is 11.4 Å². The van der Waals surface area contributed by atoms with Crippen LogP contribution in [0.1, 0.15) is 20.7 Å². The highest BCUT2D eigenvalue weighted by Gasteiger charge is 2.36. The van der Waals surface area contributed by atoms with E-state index in [0.29, 0.717) is 12.2 Å². The summed E-state index contributed by atoms with van der Waals surface area (Å²) in [6.07, 6.45) is 5.45. The Morgan fingerprint density at radius 3 is 1.30 bits per heavy atom. The van der Waals surface area contributed by atoms with Crippen molar-refractivity contribution in [1.29, 1.82) is 0 Å². The second-order valence-corrected chi connectivity index (χ2v) is 12.4. The zero-order valence-corrected chi connectivity index (χ0v) is 24.5. The van der Waals surface area contributed by atoms with Crippen molar-refractivity contribution in [2.24, 2.45) is 31.9 Å². The van der Waals surface area contributed by atoms with Gasteiger partial charge in [-0.15, -0.1) is 0 Å². The summed E-state index contributed by atoms with van der Waals surface area (Å²) in [5, 5.41) is 52.8. The smallest absolute Gasteiger partial charge is 0.339 e. The second-order valence-electron chi connectivity index (χ2n) is 9.65. The number of phenols is 2. The minimum atomic E-state index is -5.18. The van der Waals surface area contributed by atoms with Crippen molar-refractivity contribution >= 4 is 43.5 Å². The lowest BCUT2D eigenvalue weighted by Gasteiger charge is -2.26. The molecule has 0 aromatic heterocycles. The van der Waals surface area contributed by atoms with Gasteiger partial charge in [0, 0.05) is 11.1 Å². The molecule has 2 aliphatic carbocycles. The Morgan fingerprint density at radius 1 is 0.652 bits per heavy atom. The number of carbonyl (C=O) groups is 2. The largest absolute Gasteiger partial charge is 0.507 e. The van der Waals surface area contributed by atoms with E-state index in [9.17, 15) is 56.0 Å². The maximum absolute atomic E-state index is 12.4. The van der Waals surface area contributed by atoms with Gasteiger partial charge >= 0.3 is 11.9 Å². The number of rotatable bonds is 8. The molecule has 18 nitrogen and oxygen atoms in total. The van der Waals surface area contributed by atoms with E-state index in [2.05, 4.69) is 20.5 Å². The van der Waals surface area contributed by atoms with Crippen LogP contribution in [0.2, 0.25) is 0 Å². The maximum atomic E-state index is 12.4. The Bertz CT molecular complexity index is 1970. The van der Waals surface area contributed by atoms with Gasteiger partial charge in [-0.3, -0.25) is 20.6 Å². The average molecular weight is 675 g/mol. The van der Waals surface area contributed by atoms with Crippen molar-refractivity contribution < 1.29 is 56.0 Å². The summed E-state index contributed by atoms with van der Waals surface area (Å²) in [7, 11) is -10.4. The first-order valence-corrected chi connectivity index (χ1v) is 15.2. The molecule has 46 heavy (non-hydrogen) atoms. The summed E-state index contributed by atoms with van der Waals surface area (Å²) in [6, 6.07) is 6.32. The molecule has 0 saturated carbocycles. The molecule has 0 amide bonds. The molecule has 240 valence electrons. The standard InChI is InChI=1S/C26H22N6O12S2/c27-25(31-29-13-1-3-19(33)17(9-13)23(35)36)7-5-15(21(11-25)45(39,40)41)16-6-8-26(28,12-22(16)46(42,43)44)32-30-14-2-4-20(34)18(10-14)24(37)38/h1-12,33-34H,27-28H2,(H,35,36)(H,37,38)(H,39,40,41)(H,42,43,44)/b16-15-,31-29+,32-30+. The number of nitrogens with zero attached hydrogens (tertiary/aromatic N) is 4. The summed E-state index contributed by atoms with van der Waals surface area (Å²) < 4.78 is 69.7. The van der Waals surface area contributed by atoms with Crippen LogP contribution in [0.15, 0.2) is 114 Å². The van der Waals surface area contributed by atoms with Gasteiger partial charge in [-0.1, -0.05) is 12.2 Å². The first kappa shape index (κ1) is 33.5. The van der Waals surface area contributed by atoms with E-state index in [1.54, 1.807) is 0 Å². The highest BCUT2D eigenvalue weighted by Crippen LogP contribution is 2.38. The Labute approximate surface area is 258 Å². The molecule has 0 spiro atoms. The molecule has 2 atom stereocenters. The van der Waals surface area contributed by atoms with Gasteiger partial charge in [0.2, 0.25) is 0 Å². The van der Waals surface area contributed by atoms with Crippen LogP contribution in [0.4, 0.5) is 11.4 Å². The molecule has 0 heterocycles. The number of azo groups is 2. The lowest BCUT2D eigenvalue weighted by molar-refractivity contribution is 0.0682. The number of carboxylic acids is 2. The zero-order valence-electron chi connectivity index (χ0n) is 22.8. The molecule has 0 radical (unpaired) electrons. The van der Waals surface area contributed by atoms with Gasteiger partial charge in [-0.25, -0.2) is 9.59 Å². The van der Waals surface area contributed by atoms with Gasteiger partial charge in [0.15, 0.2) is 11.3 Å². The van der Waals surface area contributed by atoms with Crippen LogP contribution < -0.4 is 11.5 Å². The van der Waals surface area contributed by atoms with Crippen molar-refractivity contribution in [2.45, 2.75) is 11.3 Å². The van der Waals surface area contributed by atoms with Crippen LogP contribution in [0.5, 0.6) is 11.5 Å². The molecule has 10 N–H and O–H groups in total. The molecular formula is C26H22N6O12S2.